The van der Waals surface area contributed by atoms with Gasteiger partial charge in [0.2, 0.25) is 5.91 Å². The first-order chi connectivity index (χ1) is 15.3. The van der Waals surface area contributed by atoms with E-state index >= 15 is 0 Å². The third-order valence-electron chi connectivity index (χ3n) is 6.02. The second kappa shape index (κ2) is 11.0. The molecule has 2 aliphatic rings. The van der Waals surface area contributed by atoms with E-state index in [1.54, 1.807) is 12.1 Å². The van der Waals surface area contributed by atoms with E-state index < -0.39 is 10.1 Å². The third-order valence-corrected chi connectivity index (χ3v) is 6.88. The summed E-state index contributed by atoms with van der Waals surface area (Å²) in [5.41, 5.74) is 1.99. The van der Waals surface area contributed by atoms with E-state index in [9.17, 15) is 13.2 Å². The van der Waals surface area contributed by atoms with E-state index in [1.165, 1.54) is 17.7 Å². The summed E-state index contributed by atoms with van der Waals surface area (Å²) in [5, 5.41) is 3.39. The predicted molar refractivity (Wildman–Crippen MR) is 123 cm³/mol. The zero-order valence-electron chi connectivity index (χ0n) is 18.5. The fourth-order valence-corrected chi connectivity index (χ4v) is 4.65. The quantitative estimate of drug-likeness (QED) is 0.681. The van der Waals surface area contributed by atoms with Crippen molar-refractivity contribution in [3.8, 4) is 0 Å². The lowest BCUT2D eigenvalue weighted by atomic mass is 9.73. The standard InChI is InChI=1S/C17H24N2O2.C7H8O3S/c20-16(19-10-12-21-13-11-19)17(6-8-18-9-7-17)14-15-4-2-1-3-5-15;1-6-2-4-7(5-3-6)11(8,9)10/h1-5,18H,6-14H2;2-5H,1H3,(H,8,9,10). The van der Waals surface area contributed by atoms with Crippen molar-refractivity contribution < 1.29 is 22.5 Å². The largest absolute Gasteiger partial charge is 0.378 e. The second-order valence-electron chi connectivity index (χ2n) is 8.39. The van der Waals surface area contributed by atoms with Gasteiger partial charge in [0.25, 0.3) is 10.1 Å². The maximum atomic E-state index is 13.1. The summed E-state index contributed by atoms with van der Waals surface area (Å²) in [5.74, 6) is 0.330. The molecule has 2 N–H and O–H groups in total. The Morgan fingerprint density at radius 2 is 1.62 bits per heavy atom. The van der Waals surface area contributed by atoms with Gasteiger partial charge in [-0.15, -0.1) is 0 Å². The minimum atomic E-state index is -4.02. The number of nitrogens with zero attached hydrogens (tertiary/aromatic N) is 1. The maximum Gasteiger partial charge on any atom is 0.294 e. The Labute approximate surface area is 190 Å². The summed E-state index contributed by atoms with van der Waals surface area (Å²) in [6, 6.07) is 16.4. The molecule has 7 nitrogen and oxygen atoms in total. The molecule has 8 heteroatoms. The summed E-state index contributed by atoms with van der Waals surface area (Å²) in [7, 11) is -4.02. The number of hydrogen-bond acceptors (Lipinski definition) is 5. The summed E-state index contributed by atoms with van der Waals surface area (Å²) in [6.45, 7) is 6.53. The molecule has 0 bridgehead atoms. The van der Waals surface area contributed by atoms with E-state index in [2.05, 4.69) is 29.6 Å². The number of hydrogen-bond donors (Lipinski definition) is 2. The minimum absolute atomic E-state index is 0.0666. The summed E-state index contributed by atoms with van der Waals surface area (Å²) in [4.78, 5) is 15.1. The van der Waals surface area contributed by atoms with Crippen molar-refractivity contribution in [1.82, 2.24) is 10.2 Å². The van der Waals surface area contributed by atoms with Crippen LogP contribution in [0.1, 0.15) is 24.0 Å². The van der Waals surface area contributed by atoms with Crippen molar-refractivity contribution >= 4 is 16.0 Å². The molecule has 2 heterocycles. The number of nitrogens with one attached hydrogen (secondary N) is 1. The van der Waals surface area contributed by atoms with E-state index in [-0.39, 0.29) is 10.3 Å². The fourth-order valence-electron chi connectivity index (χ4n) is 4.17. The molecule has 2 aliphatic heterocycles. The van der Waals surface area contributed by atoms with Crippen molar-refractivity contribution in [1.29, 1.82) is 0 Å². The average molecular weight is 461 g/mol. The molecule has 2 aromatic rings. The molecule has 0 spiro atoms. The normalized spacial score (nSPS) is 18.4. The van der Waals surface area contributed by atoms with Crippen LogP contribution in [0.3, 0.4) is 0 Å². The Bertz CT molecular complexity index is 965. The van der Waals surface area contributed by atoms with Crippen LogP contribution in [-0.4, -0.2) is 63.2 Å². The van der Waals surface area contributed by atoms with E-state index in [0.29, 0.717) is 19.1 Å². The number of piperidine rings is 1. The first kappa shape index (κ1) is 24.4. The van der Waals surface area contributed by atoms with Crippen molar-refractivity contribution in [3.63, 3.8) is 0 Å². The molecule has 0 atom stereocenters. The molecule has 174 valence electrons. The first-order valence-electron chi connectivity index (χ1n) is 11.0. The van der Waals surface area contributed by atoms with Crippen LogP contribution in [0.2, 0.25) is 0 Å². The zero-order valence-corrected chi connectivity index (χ0v) is 19.3. The van der Waals surface area contributed by atoms with Gasteiger partial charge in [0.15, 0.2) is 0 Å². The summed E-state index contributed by atoms with van der Waals surface area (Å²) >= 11 is 0. The highest BCUT2D eigenvalue weighted by Gasteiger charge is 2.42. The molecule has 0 radical (unpaired) electrons. The lowest BCUT2D eigenvalue weighted by Gasteiger charge is -2.41. The van der Waals surface area contributed by atoms with E-state index in [1.807, 2.05) is 17.9 Å². The SMILES string of the molecule is Cc1ccc(S(=O)(=O)O)cc1.O=C(N1CCOCC1)C1(Cc2ccccc2)CCNCC1. The molecule has 0 aromatic heterocycles. The molecule has 2 fully saturated rings. The van der Waals surface area contributed by atoms with Gasteiger partial charge in [-0.05, 0) is 57.0 Å². The Morgan fingerprint density at radius 3 is 2.19 bits per heavy atom. The monoisotopic (exact) mass is 460 g/mol. The Kier molecular flexibility index (Phi) is 8.42. The molecule has 2 saturated heterocycles. The Hall–Kier alpha value is -2.26. The van der Waals surface area contributed by atoms with Gasteiger partial charge in [0, 0.05) is 13.1 Å². The minimum Gasteiger partial charge on any atom is -0.378 e. The second-order valence-corrected chi connectivity index (χ2v) is 9.81. The maximum absolute atomic E-state index is 13.1. The molecule has 0 saturated carbocycles. The molecule has 4 rings (SSSR count). The van der Waals surface area contributed by atoms with Gasteiger partial charge < -0.3 is 15.0 Å². The first-order valence-corrected chi connectivity index (χ1v) is 12.4. The zero-order chi connectivity index (χ0) is 23.0. The number of ether oxygens (including phenoxy) is 1. The van der Waals surface area contributed by atoms with Crippen LogP contribution in [0, 0.1) is 12.3 Å². The van der Waals surface area contributed by atoms with Gasteiger partial charge in [-0.1, -0.05) is 48.0 Å². The van der Waals surface area contributed by atoms with Gasteiger partial charge >= 0.3 is 0 Å². The van der Waals surface area contributed by atoms with Crippen LogP contribution in [0.25, 0.3) is 0 Å². The molecule has 0 unspecified atom stereocenters. The summed E-state index contributed by atoms with van der Waals surface area (Å²) < 4.78 is 34.9. The highest BCUT2D eigenvalue weighted by molar-refractivity contribution is 7.85. The van der Waals surface area contributed by atoms with Crippen molar-refractivity contribution in [2.75, 3.05) is 39.4 Å². The lowest BCUT2D eigenvalue weighted by molar-refractivity contribution is -0.148. The van der Waals surface area contributed by atoms with Crippen LogP contribution in [0.4, 0.5) is 0 Å². The van der Waals surface area contributed by atoms with Crippen molar-refractivity contribution in [2.45, 2.75) is 31.1 Å². The van der Waals surface area contributed by atoms with E-state index in [4.69, 9.17) is 9.29 Å². The van der Waals surface area contributed by atoms with Gasteiger partial charge in [-0.3, -0.25) is 9.35 Å². The van der Waals surface area contributed by atoms with Gasteiger partial charge in [-0.2, -0.15) is 8.42 Å². The molecule has 2 aromatic carbocycles. The van der Waals surface area contributed by atoms with Crippen LogP contribution in [-0.2, 0) is 26.1 Å². The summed E-state index contributed by atoms with van der Waals surface area (Å²) in [6.07, 6.45) is 2.71. The highest BCUT2D eigenvalue weighted by Crippen LogP contribution is 2.35. The topological polar surface area (TPSA) is 95.9 Å². The average Bonchev–Trinajstić information content (AvgIpc) is 2.80. The lowest BCUT2D eigenvalue weighted by Crippen LogP contribution is -2.53. The number of carbonyl (C=O) groups excluding carboxylic acids is 1. The Balaban J connectivity index is 0.000000222. The van der Waals surface area contributed by atoms with Crippen LogP contribution in [0.15, 0.2) is 59.5 Å². The number of benzene rings is 2. The highest BCUT2D eigenvalue weighted by atomic mass is 32.2. The van der Waals surface area contributed by atoms with Crippen LogP contribution < -0.4 is 5.32 Å². The van der Waals surface area contributed by atoms with E-state index in [0.717, 1.165) is 51.0 Å². The molecular formula is C24H32N2O5S. The Morgan fingerprint density at radius 1 is 1.03 bits per heavy atom. The smallest absolute Gasteiger partial charge is 0.294 e. The van der Waals surface area contributed by atoms with Crippen molar-refractivity contribution in [2.24, 2.45) is 5.41 Å². The predicted octanol–water partition coefficient (Wildman–Crippen LogP) is 2.70. The van der Waals surface area contributed by atoms with Crippen LogP contribution in [0.5, 0.6) is 0 Å². The van der Waals surface area contributed by atoms with Gasteiger partial charge in [0.05, 0.1) is 23.5 Å². The number of aryl methyl sites for hydroxylation is 1. The fraction of sp³-hybridized carbons (Fsp3) is 0.458. The molecule has 0 aliphatic carbocycles. The molecule has 1 amide bonds. The molecule has 32 heavy (non-hydrogen) atoms. The van der Waals surface area contributed by atoms with Crippen molar-refractivity contribution in [3.05, 3.63) is 65.7 Å². The molecular weight excluding hydrogens is 428 g/mol. The van der Waals surface area contributed by atoms with Gasteiger partial charge in [0.1, 0.15) is 0 Å². The number of carbonyl (C=O) groups is 1. The third kappa shape index (κ3) is 6.62. The van der Waals surface area contributed by atoms with Crippen LogP contribution >= 0.6 is 0 Å². The number of amides is 1. The number of rotatable bonds is 4. The number of morpholine rings is 1. The van der Waals surface area contributed by atoms with Gasteiger partial charge in [-0.25, -0.2) is 0 Å².